The van der Waals surface area contributed by atoms with E-state index in [0.717, 1.165) is 11.1 Å². The molecule has 2 amide bonds. The van der Waals surface area contributed by atoms with E-state index >= 15 is 0 Å². The second kappa shape index (κ2) is 14.2. The minimum atomic E-state index is -1.16. The Hall–Kier alpha value is -4.24. The number of halogens is 1. The average molecular weight is 619 g/mol. The first-order valence-corrected chi connectivity index (χ1v) is 15.3. The molecule has 3 aromatic rings. The van der Waals surface area contributed by atoms with Gasteiger partial charge in [0.1, 0.15) is 23.4 Å². The van der Waals surface area contributed by atoms with Gasteiger partial charge in [-0.3, -0.25) is 9.59 Å². The molecule has 1 fully saturated rings. The topological polar surface area (TPSA) is 103 Å². The van der Waals surface area contributed by atoms with E-state index in [0.29, 0.717) is 30.8 Å². The molecule has 4 atom stereocenters. The molecule has 3 aromatic carbocycles. The second-order valence-electron chi connectivity index (χ2n) is 13.0. The summed E-state index contributed by atoms with van der Waals surface area (Å²) in [4.78, 5) is 40.2. The summed E-state index contributed by atoms with van der Waals surface area (Å²) < 4.78 is 30.5. The Labute approximate surface area is 264 Å². The first-order chi connectivity index (χ1) is 21.2. The third-order valence-electron chi connectivity index (χ3n) is 7.70. The number of hydrogen-bond acceptors (Lipinski definition) is 6. The Bertz CT molecular complexity index is 1470. The lowest BCUT2D eigenvalue weighted by Gasteiger charge is -2.33. The van der Waals surface area contributed by atoms with Crippen LogP contribution < -0.4 is 15.4 Å². The molecule has 4 rings (SSSR count). The van der Waals surface area contributed by atoms with Crippen LogP contribution in [0.25, 0.3) is 0 Å². The lowest BCUT2D eigenvalue weighted by atomic mass is 9.84. The number of cyclic esters (lactones) is 1. The van der Waals surface area contributed by atoms with Gasteiger partial charge in [-0.15, -0.1) is 0 Å². The van der Waals surface area contributed by atoms with Crippen LogP contribution in [-0.4, -0.2) is 35.7 Å². The number of carbonyl (C=O) groups is 3. The number of amides is 2. The van der Waals surface area contributed by atoms with Gasteiger partial charge in [-0.1, -0.05) is 69.3 Å². The fourth-order valence-electron chi connectivity index (χ4n) is 5.31. The van der Waals surface area contributed by atoms with Crippen molar-refractivity contribution in [1.82, 2.24) is 10.6 Å². The number of aryl methyl sites for hydroxylation is 1. The maximum Gasteiger partial charge on any atom is 0.338 e. The number of ether oxygens (including phenoxy) is 3. The maximum absolute atomic E-state index is 13.9. The van der Waals surface area contributed by atoms with E-state index in [1.807, 2.05) is 70.2 Å². The van der Waals surface area contributed by atoms with Crippen molar-refractivity contribution in [3.8, 4) is 11.5 Å². The van der Waals surface area contributed by atoms with Crippen molar-refractivity contribution in [3.63, 3.8) is 0 Å². The first kappa shape index (κ1) is 33.6. The molecule has 1 saturated heterocycles. The van der Waals surface area contributed by atoms with Gasteiger partial charge >= 0.3 is 5.97 Å². The highest BCUT2D eigenvalue weighted by molar-refractivity contribution is 5.92. The predicted octanol–water partition coefficient (Wildman–Crippen LogP) is 6.64. The van der Waals surface area contributed by atoms with Gasteiger partial charge < -0.3 is 24.8 Å². The van der Waals surface area contributed by atoms with E-state index in [4.69, 9.17) is 14.2 Å². The number of carbonyl (C=O) groups excluding carboxylic acids is 3. The van der Waals surface area contributed by atoms with Gasteiger partial charge in [-0.05, 0) is 67.0 Å². The molecule has 8 nitrogen and oxygen atoms in total. The van der Waals surface area contributed by atoms with E-state index in [1.165, 1.54) is 12.1 Å². The van der Waals surface area contributed by atoms with Crippen LogP contribution in [0.1, 0.15) is 71.6 Å². The minimum absolute atomic E-state index is 0.268. The summed E-state index contributed by atoms with van der Waals surface area (Å²) in [6.07, 6.45) is 0.399. The fraction of sp³-hybridized carbons (Fsp3) is 0.417. The van der Waals surface area contributed by atoms with E-state index in [2.05, 4.69) is 10.6 Å². The second-order valence-corrected chi connectivity index (χ2v) is 13.0. The highest BCUT2D eigenvalue weighted by atomic mass is 19.1. The SMILES string of the molecule is C[C@@H](NC(=O)[C@@H](NC(=O)[C@H](CCCc1ccc(Oc2cccc(F)c2)cc1)[C@@H]1OC(C)(C)OC1=O)C(C)(C)C)c1ccccc1. The molecule has 1 aliphatic rings. The third kappa shape index (κ3) is 9.38. The van der Waals surface area contributed by atoms with Crippen molar-refractivity contribution in [2.24, 2.45) is 11.3 Å². The lowest BCUT2D eigenvalue weighted by molar-refractivity contribution is -0.162. The molecule has 1 aliphatic heterocycles. The van der Waals surface area contributed by atoms with E-state index in [1.54, 1.807) is 38.1 Å². The molecule has 0 radical (unpaired) electrons. The molecule has 45 heavy (non-hydrogen) atoms. The van der Waals surface area contributed by atoms with Crippen molar-refractivity contribution >= 4 is 17.8 Å². The molecule has 240 valence electrons. The normalized spacial score (nSPS) is 17.9. The molecule has 2 N–H and O–H groups in total. The van der Waals surface area contributed by atoms with Gasteiger partial charge in [0.05, 0.1) is 12.0 Å². The van der Waals surface area contributed by atoms with Crippen LogP contribution in [0, 0.1) is 17.2 Å². The van der Waals surface area contributed by atoms with Crippen molar-refractivity contribution in [1.29, 1.82) is 0 Å². The third-order valence-corrected chi connectivity index (χ3v) is 7.70. The Morgan fingerprint density at radius 3 is 2.22 bits per heavy atom. The summed E-state index contributed by atoms with van der Waals surface area (Å²) in [6.45, 7) is 10.8. The average Bonchev–Trinajstić information content (AvgIpc) is 3.25. The van der Waals surface area contributed by atoms with Crippen LogP contribution >= 0.6 is 0 Å². The van der Waals surface area contributed by atoms with Gasteiger partial charge in [-0.2, -0.15) is 0 Å². The molecule has 9 heteroatoms. The lowest BCUT2D eigenvalue weighted by Crippen LogP contribution is -2.56. The van der Waals surface area contributed by atoms with Gasteiger partial charge in [-0.25, -0.2) is 9.18 Å². The van der Waals surface area contributed by atoms with Gasteiger partial charge in [0.25, 0.3) is 0 Å². The Balaban J connectivity index is 1.44. The molecule has 0 saturated carbocycles. The van der Waals surface area contributed by atoms with Crippen LogP contribution in [0.15, 0.2) is 78.9 Å². The molecule has 1 heterocycles. The number of nitrogens with one attached hydrogen (secondary N) is 2. The van der Waals surface area contributed by atoms with Crippen molar-refractivity contribution in [3.05, 3.63) is 95.8 Å². The highest BCUT2D eigenvalue weighted by Crippen LogP contribution is 2.32. The maximum atomic E-state index is 13.9. The Morgan fingerprint density at radius 2 is 1.62 bits per heavy atom. The fourth-order valence-corrected chi connectivity index (χ4v) is 5.31. The summed E-state index contributed by atoms with van der Waals surface area (Å²) in [5, 5.41) is 5.96. The predicted molar refractivity (Wildman–Crippen MR) is 169 cm³/mol. The van der Waals surface area contributed by atoms with E-state index < -0.39 is 41.1 Å². The molecule has 0 aliphatic carbocycles. The highest BCUT2D eigenvalue weighted by Gasteiger charge is 2.48. The van der Waals surface area contributed by atoms with Crippen LogP contribution in [0.2, 0.25) is 0 Å². The van der Waals surface area contributed by atoms with Crippen LogP contribution in [0.5, 0.6) is 11.5 Å². The Morgan fingerprint density at radius 1 is 0.933 bits per heavy atom. The summed E-state index contributed by atoms with van der Waals surface area (Å²) >= 11 is 0. The summed E-state index contributed by atoms with van der Waals surface area (Å²) in [6, 6.07) is 21.8. The number of rotatable bonds is 12. The summed E-state index contributed by atoms with van der Waals surface area (Å²) in [5.74, 6) is -2.81. The van der Waals surface area contributed by atoms with E-state index in [-0.39, 0.29) is 17.8 Å². The van der Waals surface area contributed by atoms with Gasteiger partial charge in [0, 0.05) is 19.9 Å². The van der Waals surface area contributed by atoms with Crippen LogP contribution in [-0.2, 0) is 30.3 Å². The number of esters is 1. The van der Waals surface area contributed by atoms with Crippen molar-refractivity contribution in [2.45, 2.75) is 84.8 Å². The molecular weight excluding hydrogens is 575 g/mol. The molecule has 0 bridgehead atoms. The number of hydrogen-bond donors (Lipinski definition) is 2. The largest absolute Gasteiger partial charge is 0.457 e. The zero-order valence-corrected chi connectivity index (χ0v) is 26.8. The van der Waals surface area contributed by atoms with Crippen LogP contribution in [0.3, 0.4) is 0 Å². The summed E-state index contributed by atoms with van der Waals surface area (Å²) in [5.41, 5.74) is 1.32. The molecule has 0 aromatic heterocycles. The minimum Gasteiger partial charge on any atom is -0.457 e. The van der Waals surface area contributed by atoms with Crippen LogP contribution in [0.4, 0.5) is 4.39 Å². The quantitative estimate of drug-likeness (QED) is 0.221. The standard InChI is InChI=1S/C36H43FN2O6/c1-23(25-13-8-7-9-14-25)38-33(41)31(35(2,3)4)39-32(40)29(30-34(42)45-36(5,6)44-30)17-10-12-24-18-20-27(21-19-24)43-28-16-11-15-26(37)22-28/h7-9,11,13-16,18-23,29-31H,10,12,17H2,1-6H3,(H,38,41)(H,39,40)/t23-,29-,30+,31-/m1/s1. The summed E-state index contributed by atoms with van der Waals surface area (Å²) in [7, 11) is 0. The van der Waals surface area contributed by atoms with Gasteiger partial charge in [0.2, 0.25) is 17.6 Å². The molecule has 0 unspecified atom stereocenters. The number of benzene rings is 3. The zero-order chi connectivity index (χ0) is 32.8. The van der Waals surface area contributed by atoms with Crippen molar-refractivity contribution in [2.75, 3.05) is 0 Å². The first-order valence-electron chi connectivity index (χ1n) is 15.3. The monoisotopic (exact) mass is 618 g/mol. The smallest absolute Gasteiger partial charge is 0.338 e. The zero-order valence-electron chi connectivity index (χ0n) is 26.8. The van der Waals surface area contributed by atoms with E-state index in [9.17, 15) is 18.8 Å². The molecular formula is C36H43FN2O6. The molecule has 0 spiro atoms. The Kier molecular flexibility index (Phi) is 10.7. The van der Waals surface area contributed by atoms with Crippen molar-refractivity contribution < 1.29 is 33.0 Å². The van der Waals surface area contributed by atoms with Gasteiger partial charge in [0.15, 0.2) is 6.10 Å².